The molecule has 2 rings (SSSR count). The second-order valence-corrected chi connectivity index (χ2v) is 5.43. The fourth-order valence-corrected chi connectivity index (χ4v) is 2.98. The molecule has 1 atom stereocenters. The Morgan fingerprint density at radius 1 is 1.53 bits per heavy atom. The van der Waals surface area contributed by atoms with Crippen molar-refractivity contribution >= 4 is 16.5 Å². The summed E-state index contributed by atoms with van der Waals surface area (Å²) in [4.78, 5) is 7.86. The van der Waals surface area contributed by atoms with Crippen molar-refractivity contribution in [3.63, 3.8) is 0 Å². The largest absolute Gasteiger partial charge is 0.388 e. The highest BCUT2D eigenvalue weighted by Crippen LogP contribution is 2.37. The molecule has 1 aromatic rings. The van der Waals surface area contributed by atoms with Gasteiger partial charge >= 0.3 is 0 Å². The van der Waals surface area contributed by atoms with Crippen molar-refractivity contribution in [2.75, 3.05) is 11.9 Å². The first-order valence-corrected chi connectivity index (χ1v) is 6.31. The first kappa shape index (κ1) is 10.9. The predicted molar refractivity (Wildman–Crippen MR) is 63.6 cm³/mol. The van der Waals surface area contributed by atoms with E-state index in [-0.39, 0.29) is 6.10 Å². The van der Waals surface area contributed by atoms with Crippen LogP contribution in [0, 0.1) is 0 Å². The number of thiazole rings is 1. The minimum absolute atomic E-state index is 0.277. The van der Waals surface area contributed by atoms with Crippen molar-refractivity contribution in [1.82, 2.24) is 4.98 Å². The van der Waals surface area contributed by atoms with Crippen LogP contribution in [0.5, 0.6) is 0 Å². The second kappa shape index (κ2) is 4.10. The fraction of sp³-hybridized carbons (Fsp3) is 0.727. The van der Waals surface area contributed by atoms with Crippen LogP contribution < -0.4 is 4.90 Å². The number of hydrogen-bond acceptors (Lipinski definition) is 4. The lowest BCUT2D eigenvalue weighted by Crippen LogP contribution is -2.25. The SMILES string of the molecule is CC(C)N(C)c1nc2c(s1)C(O)CCC2. The van der Waals surface area contributed by atoms with Crippen LogP contribution in [-0.4, -0.2) is 23.2 Å². The van der Waals surface area contributed by atoms with Gasteiger partial charge in [-0.05, 0) is 33.1 Å². The number of rotatable bonds is 2. The minimum atomic E-state index is -0.277. The number of aliphatic hydroxyl groups is 1. The maximum atomic E-state index is 9.85. The zero-order chi connectivity index (χ0) is 11.0. The Balaban J connectivity index is 2.29. The Hall–Kier alpha value is -0.610. The Bertz CT molecular complexity index is 348. The van der Waals surface area contributed by atoms with Gasteiger partial charge in [-0.25, -0.2) is 4.98 Å². The molecule has 1 aromatic heterocycles. The van der Waals surface area contributed by atoms with Gasteiger partial charge in [0.05, 0.1) is 16.7 Å². The second-order valence-electron chi connectivity index (χ2n) is 4.42. The molecule has 0 radical (unpaired) electrons. The van der Waals surface area contributed by atoms with Crippen LogP contribution in [0.4, 0.5) is 5.13 Å². The van der Waals surface area contributed by atoms with E-state index in [1.807, 2.05) is 0 Å². The monoisotopic (exact) mass is 226 g/mol. The Morgan fingerprint density at radius 3 is 2.87 bits per heavy atom. The Labute approximate surface area is 94.8 Å². The van der Waals surface area contributed by atoms with Crippen molar-refractivity contribution in [2.24, 2.45) is 0 Å². The summed E-state index contributed by atoms with van der Waals surface area (Å²) in [6.45, 7) is 4.30. The first-order valence-electron chi connectivity index (χ1n) is 5.50. The third-order valence-corrected chi connectivity index (χ3v) is 4.28. The lowest BCUT2D eigenvalue weighted by atomic mass is 10.0. The van der Waals surface area contributed by atoms with Crippen molar-refractivity contribution in [3.8, 4) is 0 Å². The first-order chi connectivity index (χ1) is 7.09. The summed E-state index contributed by atoms with van der Waals surface area (Å²) in [5.74, 6) is 0. The molecule has 1 N–H and O–H groups in total. The van der Waals surface area contributed by atoms with E-state index < -0.39 is 0 Å². The maximum Gasteiger partial charge on any atom is 0.185 e. The van der Waals surface area contributed by atoms with Crippen LogP contribution in [0.1, 0.15) is 43.4 Å². The molecule has 3 nitrogen and oxygen atoms in total. The van der Waals surface area contributed by atoms with E-state index in [2.05, 4.69) is 30.8 Å². The highest BCUT2D eigenvalue weighted by atomic mass is 32.1. The third kappa shape index (κ3) is 2.01. The summed E-state index contributed by atoms with van der Waals surface area (Å²) in [5.41, 5.74) is 1.11. The van der Waals surface area contributed by atoms with Crippen LogP contribution in [0.25, 0.3) is 0 Å². The number of hydrogen-bond donors (Lipinski definition) is 1. The lowest BCUT2D eigenvalue weighted by Gasteiger charge is -2.19. The van der Waals surface area contributed by atoms with Gasteiger partial charge in [0, 0.05) is 13.1 Å². The van der Waals surface area contributed by atoms with Gasteiger partial charge in [0.25, 0.3) is 0 Å². The molecule has 1 heterocycles. The van der Waals surface area contributed by atoms with E-state index in [4.69, 9.17) is 0 Å². The molecule has 0 spiro atoms. The van der Waals surface area contributed by atoms with E-state index in [1.54, 1.807) is 11.3 Å². The molecule has 0 saturated carbocycles. The Kier molecular flexibility index (Phi) is 2.98. The molecule has 4 heteroatoms. The van der Waals surface area contributed by atoms with Gasteiger partial charge in [0.1, 0.15) is 0 Å². The summed E-state index contributed by atoms with van der Waals surface area (Å²) in [7, 11) is 2.06. The van der Waals surface area contributed by atoms with E-state index in [1.165, 1.54) is 0 Å². The van der Waals surface area contributed by atoms with Gasteiger partial charge in [-0.3, -0.25) is 0 Å². The van der Waals surface area contributed by atoms with E-state index >= 15 is 0 Å². The van der Waals surface area contributed by atoms with E-state index in [0.717, 1.165) is 35.0 Å². The zero-order valence-corrected chi connectivity index (χ0v) is 10.3. The van der Waals surface area contributed by atoms with Crippen molar-refractivity contribution in [1.29, 1.82) is 0 Å². The van der Waals surface area contributed by atoms with E-state index in [9.17, 15) is 5.11 Å². The summed E-state index contributed by atoms with van der Waals surface area (Å²) in [5, 5.41) is 10.9. The third-order valence-electron chi connectivity index (χ3n) is 2.99. The van der Waals surface area contributed by atoms with Crippen molar-refractivity contribution in [3.05, 3.63) is 10.6 Å². The lowest BCUT2D eigenvalue weighted by molar-refractivity contribution is 0.160. The number of aryl methyl sites for hydroxylation is 1. The molecule has 84 valence electrons. The summed E-state index contributed by atoms with van der Waals surface area (Å²) in [6, 6.07) is 0.453. The topological polar surface area (TPSA) is 36.4 Å². The normalized spacial score (nSPS) is 20.5. The molecule has 0 aliphatic heterocycles. The van der Waals surface area contributed by atoms with Crippen LogP contribution in [0.3, 0.4) is 0 Å². The van der Waals surface area contributed by atoms with Crippen LogP contribution in [-0.2, 0) is 6.42 Å². The number of aromatic nitrogens is 1. The molecule has 0 saturated heterocycles. The molecular weight excluding hydrogens is 208 g/mol. The molecule has 15 heavy (non-hydrogen) atoms. The predicted octanol–water partition coefficient (Wildman–Crippen LogP) is 2.36. The molecule has 0 aromatic carbocycles. The van der Waals surface area contributed by atoms with Crippen LogP contribution >= 0.6 is 11.3 Å². The van der Waals surface area contributed by atoms with Gasteiger partial charge in [0.2, 0.25) is 0 Å². The van der Waals surface area contributed by atoms with Gasteiger partial charge in [-0.2, -0.15) is 0 Å². The Morgan fingerprint density at radius 2 is 2.27 bits per heavy atom. The van der Waals surface area contributed by atoms with Gasteiger partial charge in [0.15, 0.2) is 5.13 Å². The zero-order valence-electron chi connectivity index (χ0n) is 9.53. The summed E-state index contributed by atoms with van der Waals surface area (Å²) in [6.07, 6.45) is 2.69. The molecular formula is C11H18N2OS. The molecule has 1 aliphatic carbocycles. The minimum Gasteiger partial charge on any atom is -0.388 e. The smallest absolute Gasteiger partial charge is 0.185 e. The van der Waals surface area contributed by atoms with Gasteiger partial charge < -0.3 is 10.0 Å². The van der Waals surface area contributed by atoms with Gasteiger partial charge in [-0.1, -0.05) is 11.3 Å². The molecule has 0 bridgehead atoms. The highest BCUT2D eigenvalue weighted by molar-refractivity contribution is 7.15. The van der Waals surface area contributed by atoms with Crippen LogP contribution in [0.15, 0.2) is 0 Å². The van der Waals surface area contributed by atoms with Gasteiger partial charge in [-0.15, -0.1) is 0 Å². The fourth-order valence-electron chi connectivity index (χ4n) is 1.76. The maximum absolute atomic E-state index is 9.85. The molecule has 1 aliphatic rings. The number of anilines is 1. The molecule has 1 unspecified atom stereocenters. The average molecular weight is 226 g/mol. The van der Waals surface area contributed by atoms with E-state index in [0.29, 0.717) is 6.04 Å². The number of fused-ring (bicyclic) bond motifs is 1. The highest BCUT2D eigenvalue weighted by Gasteiger charge is 2.24. The number of aliphatic hydroxyl groups excluding tert-OH is 1. The standard InChI is InChI=1S/C11H18N2OS/c1-7(2)13(3)11-12-8-5-4-6-9(14)10(8)15-11/h7,9,14H,4-6H2,1-3H3. The summed E-state index contributed by atoms with van der Waals surface area (Å²) < 4.78 is 0. The quantitative estimate of drug-likeness (QED) is 0.841. The molecule has 0 amide bonds. The summed E-state index contributed by atoms with van der Waals surface area (Å²) >= 11 is 1.64. The van der Waals surface area contributed by atoms with Crippen molar-refractivity contribution < 1.29 is 5.11 Å². The van der Waals surface area contributed by atoms with Crippen molar-refractivity contribution in [2.45, 2.75) is 45.3 Å². The molecule has 0 fully saturated rings. The van der Waals surface area contributed by atoms with Crippen LogP contribution in [0.2, 0.25) is 0 Å². The average Bonchev–Trinajstić information content (AvgIpc) is 2.61. The number of nitrogens with zero attached hydrogens (tertiary/aromatic N) is 2.